The molecular formula is C13H8BrNO3S. The van der Waals surface area contributed by atoms with Crippen LogP contribution in [0.25, 0.3) is 11.1 Å². The van der Waals surface area contributed by atoms with Crippen molar-refractivity contribution in [1.29, 1.82) is 0 Å². The number of nitrogens with one attached hydrogen (secondary N) is 1. The molecule has 2 aromatic heterocycles. The lowest BCUT2D eigenvalue weighted by Gasteiger charge is -1.97. The van der Waals surface area contributed by atoms with Crippen LogP contribution in [-0.4, -0.2) is 10.8 Å². The number of hydrogen-bond acceptors (Lipinski definition) is 4. The van der Waals surface area contributed by atoms with Crippen LogP contribution in [0.1, 0.15) is 20.8 Å². The minimum Gasteiger partial charge on any atom is -0.408 e. The zero-order valence-corrected chi connectivity index (χ0v) is 12.2. The Hall–Kier alpha value is -1.66. The number of H-pyrrole nitrogens is 1. The quantitative estimate of drug-likeness (QED) is 0.728. The van der Waals surface area contributed by atoms with Crippen molar-refractivity contribution in [3.8, 4) is 0 Å². The number of aromatic nitrogens is 1. The van der Waals surface area contributed by atoms with Crippen LogP contribution in [0.4, 0.5) is 0 Å². The van der Waals surface area contributed by atoms with Gasteiger partial charge in [0.15, 0.2) is 5.58 Å². The maximum absolute atomic E-state index is 12.3. The molecule has 6 heteroatoms. The Balaban J connectivity index is 2.08. The van der Waals surface area contributed by atoms with Crippen molar-refractivity contribution < 1.29 is 9.21 Å². The van der Waals surface area contributed by atoms with Crippen LogP contribution in [-0.2, 0) is 0 Å². The molecule has 0 aliphatic rings. The predicted molar refractivity (Wildman–Crippen MR) is 77.0 cm³/mol. The number of fused-ring (bicyclic) bond motifs is 1. The lowest BCUT2D eigenvalue weighted by molar-refractivity contribution is 0.104. The van der Waals surface area contributed by atoms with Gasteiger partial charge < -0.3 is 4.42 Å². The normalized spacial score (nSPS) is 11.1. The standard InChI is InChI=1S/C13H8BrNO3S/c1-6-4-10(19-12(6)14)11(16)7-2-3-8-9(5-7)18-13(17)15-8/h2-5H,1H3,(H,15,17). The van der Waals surface area contributed by atoms with Crippen molar-refractivity contribution in [1.82, 2.24) is 4.98 Å². The molecule has 0 aliphatic heterocycles. The van der Waals surface area contributed by atoms with Gasteiger partial charge in [0.2, 0.25) is 5.78 Å². The third-order valence-electron chi connectivity index (χ3n) is 2.76. The van der Waals surface area contributed by atoms with E-state index < -0.39 is 5.76 Å². The minimum absolute atomic E-state index is 0.0791. The number of carbonyl (C=O) groups is 1. The van der Waals surface area contributed by atoms with E-state index >= 15 is 0 Å². The SMILES string of the molecule is Cc1cc(C(=O)c2ccc3[nH]c(=O)oc3c2)sc1Br. The van der Waals surface area contributed by atoms with Crippen molar-refractivity contribution in [3.63, 3.8) is 0 Å². The number of carbonyl (C=O) groups excluding carboxylic acids is 1. The molecule has 0 aliphatic carbocycles. The number of hydrogen-bond donors (Lipinski definition) is 1. The fraction of sp³-hybridized carbons (Fsp3) is 0.0769. The summed E-state index contributed by atoms with van der Waals surface area (Å²) in [6, 6.07) is 6.77. The second-order valence-electron chi connectivity index (χ2n) is 4.12. The Bertz CT molecular complexity index is 824. The highest BCUT2D eigenvalue weighted by Gasteiger charge is 2.15. The van der Waals surface area contributed by atoms with Gasteiger partial charge in [-0.3, -0.25) is 9.78 Å². The van der Waals surface area contributed by atoms with Gasteiger partial charge in [0, 0.05) is 5.56 Å². The van der Waals surface area contributed by atoms with E-state index in [9.17, 15) is 9.59 Å². The van der Waals surface area contributed by atoms with Gasteiger partial charge >= 0.3 is 5.76 Å². The monoisotopic (exact) mass is 337 g/mol. The zero-order chi connectivity index (χ0) is 13.6. The molecule has 96 valence electrons. The van der Waals surface area contributed by atoms with Gasteiger partial charge in [-0.2, -0.15) is 0 Å². The van der Waals surface area contributed by atoms with Crippen LogP contribution >= 0.6 is 27.3 Å². The highest BCUT2D eigenvalue weighted by molar-refractivity contribution is 9.11. The van der Waals surface area contributed by atoms with Crippen LogP contribution in [0.15, 0.2) is 37.3 Å². The summed E-state index contributed by atoms with van der Waals surface area (Å²) < 4.78 is 5.90. The summed E-state index contributed by atoms with van der Waals surface area (Å²) in [5.74, 6) is -0.598. The largest absolute Gasteiger partial charge is 0.417 e. The molecule has 1 N–H and O–H groups in total. The first-order chi connectivity index (χ1) is 9.04. The third kappa shape index (κ3) is 2.17. The summed E-state index contributed by atoms with van der Waals surface area (Å²) in [4.78, 5) is 26.6. The van der Waals surface area contributed by atoms with E-state index in [1.807, 2.05) is 13.0 Å². The van der Waals surface area contributed by atoms with Crippen LogP contribution in [0, 0.1) is 6.92 Å². The van der Waals surface area contributed by atoms with E-state index in [-0.39, 0.29) is 5.78 Å². The summed E-state index contributed by atoms with van der Waals surface area (Å²) in [7, 11) is 0. The Labute approximate surface area is 120 Å². The number of oxazole rings is 1. The topological polar surface area (TPSA) is 63.1 Å². The average Bonchev–Trinajstić information content (AvgIpc) is 2.90. The Kier molecular flexibility index (Phi) is 2.91. The Morgan fingerprint density at radius 1 is 1.37 bits per heavy atom. The number of rotatable bonds is 2. The predicted octanol–water partition coefficient (Wildman–Crippen LogP) is 3.48. The molecule has 0 bridgehead atoms. The van der Waals surface area contributed by atoms with Crippen LogP contribution in [0.3, 0.4) is 0 Å². The van der Waals surface area contributed by atoms with Crippen molar-refractivity contribution in [2.24, 2.45) is 0 Å². The van der Waals surface area contributed by atoms with Crippen LogP contribution < -0.4 is 5.76 Å². The van der Waals surface area contributed by atoms with Crippen molar-refractivity contribution >= 4 is 44.1 Å². The fourth-order valence-electron chi connectivity index (χ4n) is 1.80. The third-order valence-corrected chi connectivity index (χ3v) is 4.90. The van der Waals surface area contributed by atoms with Gasteiger partial charge in [0.1, 0.15) is 0 Å². The number of benzene rings is 1. The van der Waals surface area contributed by atoms with Crippen LogP contribution in [0.2, 0.25) is 0 Å². The summed E-state index contributed by atoms with van der Waals surface area (Å²) in [5.41, 5.74) is 2.51. The maximum Gasteiger partial charge on any atom is 0.417 e. The van der Waals surface area contributed by atoms with E-state index in [4.69, 9.17) is 4.42 Å². The molecule has 0 fully saturated rings. The molecule has 0 amide bonds. The summed E-state index contributed by atoms with van der Waals surface area (Å²) in [6.45, 7) is 1.94. The number of aryl methyl sites for hydroxylation is 1. The Morgan fingerprint density at radius 3 is 2.84 bits per heavy atom. The number of thiophene rings is 1. The first kappa shape index (κ1) is 12.4. The molecule has 4 nitrogen and oxygen atoms in total. The molecule has 19 heavy (non-hydrogen) atoms. The van der Waals surface area contributed by atoms with Gasteiger partial charge in [0.05, 0.1) is 14.2 Å². The molecule has 0 saturated carbocycles. The molecule has 0 unspecified atom stereocenters. The number of ketones is 1. The lowest BCUT2D eigenvalue weighted by atomic mass is 10.1. The molecule has 0 spiro atoms. The summed E-state index contributed by atoms with van der Waals surface area (Å²) >= 11 is 4.80. The highest BCUT2D eigenvalue weighted by Crippen LogP contribution is 2.29. The average molecular weight is 338 g/mol. The molecule has 3 rings (SSSR count). The number of halogens is 1. The highest BCUT2D eigenvalue weighted by atomic mass is 79.9. The minimum atomic E-state index is -0.519. The molecule has 1 aromatic carbocycles. The van der Waals surface area contributed by atoms with E-state index in [0.717, 1.165) is 9.35 Å². The Morgan fingerprint density at radius 2 is 2.16 bits per heavy atom. The smallest absolute Gasteiger partial charge is 0.408 e. The van der Waals surface area contributed by atoms with E-state index in [1.165, 1.54) is 11.3 Å². The molecule has 2 heterocycles. The van der Waals surface area contributed by atoms with Gasteiger partial charge in [-0.15, -0.1) is 11.3 Å². The molecule has 0 radical (unpaired) electrons. The zero-order valence-electron chi connectivity index (χ0n) is 9.82. The second kappa shape index (κ2) is 4.47. The summed E-state index contributed by atoms with van der Waals surface area (Å²) in [5, 5.41) is 0. The molecule has 0 saturated heterocycles. The van der Waals surface area contributed by atoms with Gasteiger partial charge in [-0.1, -0.05) is 0 Å². The summed E-state index contributed by atoms with van der Waals surface area (Å²) in [6.07, 6.45) is 0. The molecular weight excluding hydrogens is 330 g/mol. The van der Waals surface area contributed by atoms with Crippen molar-refractivity contribution in [2.45, 2.75) is 6.92 Å². The lowest BCUT2D eigenvalue weighted by Crippen LogP contribution is -1.97. The van der Waals surface area contributed by atoms with Gasteiger partial charge in [-0.05, 0) is 52.7 Å². The molecule has 0 atom stereocenters. The van der Waals surface area contributed by atoms with E-state index in [0.29, 0.717) is 21.5 Å². The van der Waals surface area contributed by atoms with Gasteiger partial charge in [-0.25, -0.2) is 4.79 Å². The van der Waals surface area contributed by atoms with Crippen molar-refractivity contribution in [3.05, 3.63) is 54.6 Å². The van der Waals surface area contributed by atoms with E-state index in [2.05, 4.69) is 20.9 Å². The van der Waals surface area contributed by atoms with Crippen molar-refractivity contribution in [2.75, 3.05) is 0 Å². The second-order valence-corrected chi connectivity index (χ2v) is 6.49. The maximum atomic E-state index is 12.3. The van der Waals surface area contributed by atoms with Crippen LogP contribution in [0.5, 0.6) is 0 Å². The van der Waals surface area contributed by atoms with Gasteiger partial charge in [0.25, 0.3) is 0 Å². The fourth-order valence-corrected chi connectivity index (χ4v) is 3.30. The van der Waals surface area contributed by atoms with E-state index in [1.54, 1.807) is 18.2 Å². The molecule has 3 aromatic rings. The first-order valence-corrected chi connectivity index (χ1v) is 7.09. The number of aromatic amines is 1. The first-order valence-electron chi connectivity index (χ1n) is 5.48.